The Morgan fingerprint density at radius 1 is 1.25 bits per heavy atom. The molecule has 0 N–H and O–H groups in total. The Kier molecular flexibility index (Phi) is 5.61. The first-order chi connectivity index (χ1) is 9.74. The Labute approximate surface area is 129 Å². The van der Waals surface area contributed by atoms with Gasteiger partial charge in [-0.15, -0.1) is 0 Å². The highest BCUT2D eigenvalue weighted by atomic mass is 32.2. The highest BCUT2D eigenvalue weighted by molar-refractivity contribution is 8.22. The Morgan fingerprint density at radius 3 is 2.60 bits per heavy atom. The van der Waals surface area contributed by atoms with Crippen molar-refractivity contribution in [3.05, 3.63) is 42.4 Å². The maximum atomic E-state index is 5.76. The fraction of sp³-hybridized carbons (Fsp3) is 0.333. The van der Waals surface area contributed by atoms with Crippen molar-refractivity contribution >= 4 is 28.3 Å². The molecule has 0 unspecified atom stereocenters. The summed E-state index contributed by atoms with van der Waals surface area (Å²) in [5, 5.41) is 0. The molecule has 1 aromatic carbocycles. The zero-order valence-corrected chi connectivity index (χ0v) is 13.3. The van der Waals surface area contributed by atoms with Crippen LogP contribution in [0.2, 0.25) is 0 Å². The Hall–Kier alpha value is -1.33. The van der Waals surface area contributed by atoms with E-state index in [1.54, 1.807) is 18.0 Å². The van der Waals surface area contributed by atoms with Gasteiger partial charge in [0, 0.05) is 18.7 Å². The van der Waals surface area contributed by atoms with Crippen molar-refractivity contribution in [3.8, 4) is 11.3 Å². The number of aromatic nitrogens is 1. The maximum absolute atomic E-state index is 5.76. The number of benzene rings is 1. The maximum Gasteiger partial charge on any atom is 0.205 e. The molecule has 1 heterocycles. The van der Waals surface area contributed by atoms with Crippen LogP contribution in [0.3, 0.4) is 0 Å². The van der Waals surface area contributed by atoms with Gasteiger partial charge in [0.1, 0.15) is 4.32 Å². The topological polar surface area (TPSA) is 29.3 Å². The van der Waals surface area contributed by atoms with E-state index in [1.165, 1.54) is 0 Å². The van der Waals surface area contributed by atoms with Gasteiger partial charge in [0.25, 0.3) is 0 Å². The first-order valence-corrected chi connectivity index (χ1v) is 8.05. The van der Waals surface area contributed by atoms with Crippen molar-refractivity contribution < 1.29 is 4.42 Å². The Morgan fingerprint density at radius 2 is 1.95 bits per heavy atom. The third kappa shape index (κ3) is 3.84. The lowest BCUT2D eigenvalue weighted by atomic mass is 10.2. The van der Waals surface area contributed by atoms with Gasteiger partial charge < -0.3 is 9.32 Å². The lowest BCUT2D eigenvalue weighted by molar-refractivity contribution is 0.482. The predicted octanol–water partition coefficient (Wildman–Crippen LogP) is 4.20. The smallest absolute Gasteiger partial charge is 0.205 e. The molecule has 5 heteroatoms. The number of thiocarbonyl (C=S) groups is 1. The van der Waals surface area contributed by atoms with E-state index in [0.717, 1.165) is 28.7 Å². The van der Waals surface area contributed by atoms with Crippen molar-refractivity contribution in [2.75, 3.05) is 13.1 Å². The fourth-order valence-electron chi connectivity index (χ4n) is 1.81. The molecule has 0 aliphatic heterocycles. The molecule has 106 valence electrons. The van der Waals surface area contributed by atoms with E-state index in [2.05, 4.69) is 23.7 Å². The van der Waals surface area contributed by atoms with Gasteiger partial charge in [-0.25, -0.2) is 4.98 Å². The molecular formula is C15H18N2OS2. The molecule has 0 saturated heterocycles. The molecule has 0 aliphatic carbocycles. The van der Waals surface area contributed by atoms with Gasteiger partial charge in [-0.05, 0) is 13.8 Å². The number of hydrogen-bond donors (Lipinski definition) is 0. The Balaban J connectivity index is 1.95. The normalized spacial score (nSPS) is 10.5. The van der Waals surface area contributed by atoms with Crippen LogP contribution in [0.4, 0.5) is 0 Å². The summed E-state index contributed by atoms with van der Waals surface area (Å²) in [6, 6.07) is 9.98. The van der Waals surface area contributed by atoms with Gasteiger partial charge in [0.15, 0.2) is 5.76 Å². The van der Waals surface area contributed by atoms with Crippen molar-refractivity contribution in [2.45, 2.75) is 19.6 Å². The molecule has 3 nitrogen and oxygen atoms in total. The molecule has 2 rings (SSSR count). The standard InChI is InChI=1S/C15H18N2OS2/c1-3-17(4-2)15(19)20-11-14-16-10-13(18-14)12-8-6-5-7-9-12/h5-10H,3-4,11H2,1-2H3. The summed E-state index contributed by atoms with van der Waals surface area (Å²) >= 11 is 6.99. The molecule has 1 aromatic heterocycles. The predicted molar refractivity (Wildman–Crippen MR) is 88.8 cm³/mol. The summed E-state index contributed by atoms with van der Waals surface area (Å²) in [4.78, 5) is 6.46. The van der Waals surface area contributed by atoms with Crippen LogP contribution >= 0.6 is 24.0 Å². The van der Waals surface area contributed by atoms with Gasteiger partial charge in [0.05, 0.1) is 11.9 Å². The molecule has 0 amide bonds. The van der Waals surface area contributed by atoms with Gasteiger partial charge in [-0.3, -0.25) is 0 Å². The summed E-state index contributed by atoms with van der Waals surface area (Å²) in [6.07, 6.45) is 1.77. The van der Waals surface area contributed by atoms with Crippen LogP contribution in [0.1, 0.15) is 19.7 Å². The van der Waals surface area contributed by atoms with Crippen LogP contribution in [-0.2, 0) is 5.75 Å². The minimum absolute atomic E-state index is 0.669. The monoisotopic (exact) mass is 306 g/mol. The summed E-state index contributed by atoms with van der Waals surface area (Å²) in [6.45, 7) is 6.08. The van der Waals surface area contributed by atoms with Crippen molar-refractivity contribution in [3.63, 3.8) is 0 Å². The number of nitrogens with zero attached hydrogens (tertiary/aromatic N) is 2. The van der Waals surface area contributed by atoms with Gasteiger partial charge in [-0.2, -0.15) is 0 Å². The lowest BCUT2D eigenvalue weighted by Crippen LogP contribution is -2.26. The van der Waals surface area contributed by atoms with Gasteiger partial charge >= 0.3 is 0 Å². The number of hydrogen-bond acceptors (Lipinski definition) is 4. The second-order valence-corrected chi connectivity index (χ2v) is 5.82. The third-order valence-electron chi connectivity index (χ3n) is 2.95. The fourth-order valence-corrected chi connectivity index (χ4v) is 3.07. The van der Waals surface area contributed by atoms with Crippen LogP contribution in [-0.4, -0.2) is 27.3 Å². The summed E-state index contributed by atoms with van der Waals surface area (Å²) < 4.78 is 6.65. The number of thioether (sulfide) groups is 1. The summed E-state index contributed by atoms with van der Waals surface area (Å²) in [5.41, 5.74) is 1.04. The molecule has 0 radical (unpaired) electrons. The molecule has 0 atom stereocenters. The quantitative estimate of drug-likeness (QED) is 0.772. The van der Waals surface area contributed by atoms with Crippen molar-refractivity contribution in [1.82, 2.24) is 9.88 Å². The molecule has 0 saturated carbocycles. The molecule has 20 heavy (non-hydrogen) atoms. The SMILES string of the molecule is CCN(CC)C(=S)SCc1ncc(-c2ccccc2)o1. The van der Waals surface area contributed by atoms with Crippen LogP contribution in [0.5, 0.6) is 0 Å². The highest BCUT2D eigenvalue weighted by Gasteiger charge is 2.10. The molecule has 2 aromatic rings. The molecular weight excluding hydrogens is 288 g/mol. The highest BCUT2D eigenvalue weighted by Crippen LogP contribution is 2.22. The molecule has 0 aliphatic rings. The molecule has 0 bridgehead atoms. The van der Waals surface area contributed by atoms with E-state index in [-0.39, 0.29) is 0 Å². The first-order valence-electron chi connectivity index (χ1n) is 6.66. The third-order valence-corrected chi connectivity index (χ3v) is 4.46. The van der Waals surface area contributed by atoms with Crippen molar-refractivity contribution in [2.24, 2.45) is 0 Å². The number of oxazole rings is 1. The van der Waals surface area contributed by atoms with Crippen molar-refractivity contribution in [1.29, 1.82) is 0 Å². The Bertz CT molecular complexity index is 550. The molecule has 0 fully saturated rings. The largest absolute Gasteiger partial charge is 0.440 e. The van der Waals surface area contributed by atoms with E-state index in [4.69, 9.17) is 16.6 Å². The average molecular weight is 306 g/mol. The van der Waals surface area contributed by atoms with Crippen LogP contribution in [0, 0.1) is 0 Å². The first kappa shape index (κ1) is 15.1. The van der Waals surface area contributed by atoms with Crippen LogP contribution < -0.4 is 0 Å². The summed E-state index contributed by atoms with van der Waals surface area (Å²) in [5.74, 6) is 2.18. The van der Waals surface area contributed by atoms with Gasteiger partial charge in [-0.1, -0.05) is 54.3 Å². The summed E-state index contributed by atoms with van der Waals surface area (Å²) in [7, 11) is 0. The molecule has 0 spiro atoms. The second-order valence-electron chi connectivity index (χ2n) is 4.21. The van der Waals surface area contributed by atoms with E-state index >= 15 is 0 Å². The van der Waals surface area contributed by atoms with E-state index in [9.17, 15) is 0 Å². The number of rotatable bonds is 5. The lowest BCUT2D eigenvalue weighted by Gasteiger charge is -2.20. The van der Waals surface area contributed by atoms with Crippen LogP contribution in [0.15, 0.2) is 40.9 Å². The van der Waals surface area contributed by atoms with E-state index < -0.39 is 0 Å². The van der Waals surface area contributed by atoms with Gasteiger partial charge in [0.2, 0.25) is 5.89 Å². The second kappa shape index (κ2) is 7.45. The zero-order valence-electron chi connectivity index (χ0n) is 11.7. The van der Waals surface area contributed by atoms with E-state index in [0.29, 0.717) is 11.6 Å². The average Bonchev–Trinajstić information content (AvgIpc) is 2.96. The minimum atomic E-state index is 0.669. The van der Waals surface area contributed by atoms with Crippen LogP contribution in [0.25, 0.3) is 11.3 Å². The zero-order chi connectivity index (χ0) is 14.4. The minimum Gasteiger partial charge on any atom is -0.440 e. The van der Waals surface area contributed by atoms with E-state index in [1.807, 2.05) is 30.3 Å².